The van der Waals surface area contributed by atoms with E-state index in [1.807, 2.05) is 0 Å². The highest BCUT2D eigenvalue weighted by molar-refractivity contribution is 7.80. The predicted molar refractivity (Wildman–Crippen MR) is 66.0 cm³/mol. The number of alkyl halides is 1. The lowest BCUT2D eigenvalue weighted by Gasteiger charge is -2.13. The molecule has 0 amide bonds. The van der Waals surface area contributed by atoms with Gasteiger partial charge in [-0.3, -0.25) is 4.79 Å². The molecule has 1 aromatic rings. The maximum atomic E-state index is 11.8. The lowest BCUT2D eigenvalue weighted by Crippen LogP contribution is -2.16. The van der Waals surface area contributed by atoms with Crippen molar-refractivity contribution in [2.45, 2.75) is 17.4 Å². The van der Waals surface area contributed by atoms with Crippen molar-refractivity contribution in [3.63, 3.8) is 0 Å². The fraction of sp³-hybridized carbons (Fsp3) is 0.273. The van der Waals surface area contributed by atoms with Gasteiger partial charge in [0.1, 0.15) is 0 Å². The molecule has 0 saturated carbocycles. The van der Waals surface area contributed by atoms with Gasteiger partial charge in [-0.25, -0.2) is 4.79 Å². The van der Waals surface area contributed by atoms with E-state index >= 15 is 0 Å². The van der Waals surface area contributed by atoms with Crippen molar-refractivity contribution in [3.05, 3.63) is 29.3 Å². The number of carbonyl (C=O) groups is 2. The number of carboxylic acid groups (broad SMARTS) is 1. The maximum Gasteiger partial charge on any atom is 0.337 e. The van der Waals surface area contributed by atoms with Crippen LogP contribution in [0.3, 0.4) is 0 Å². The Labute approximate surface area is 109 Å². The number of carboxylic acids is 1. The molecule has 2 N–H and O–H groups in total. The van der Waals surface area contributed by atoms with Crippen LogP contribution in [-0.4, -0.2) is 27.8 Å². The quantitative estimate of drug-likeness (QED) is 0.436. The Morgan fingerprint density at radius 1 is 1.41 bits per heavy atom. The molecule has 92 valence electrons. The zero-order valence-electron chi connectivity index (χ0n) is 8.76. The third kappa shape index (κ3) is 3.21. The van der Waals surface area contributed by atoms with Gasteiger partial charge in [0.15, 0.2) is 11.9 Å². The Morgan fingerprint density at radius 2 is 2.06 bits per heavy atom. The molecule has 0 saturated heterocycles. The fourth-order valence-corrected chi connectivity index (χ4v) is 1.94. The summed E-state index contributed by atoms with van der Waals surface area (Å²) >= 11 is 9.56. The molecule has 1 aromatic carbocycles. The van der Waals surface area contributed by atoms with Crippen molar-refractivity contribution in [2.24, 2.45) is 0 Å². The van der Waals surface area contributed by atoms with Gasteiger partial charge in [0.2, 0.25) is 0 Å². The van der Waals surface area contributed by atoms with E-state index in [2.05, 4.69) is 12.6 Å². The molecule has 0 aromatic heterocycles. The van der Waals surface area contributed by atoms with Crippen LogP contribution in [0.1, 0.15) is 28.4 Å². The minimum Gasteiger partial charge on any atom is -0.479 e. The zero-order valence-corrected chi connectivity index (χ0v) is 10.4. The number of halogens is 1. The lowest BCUT2D eigenvalue weighted by molar-refractivity contribution is -0.146. The smallest absolute Gasteiger partial charge is 0.337 e. The first-order chi connectivity index (χ1) is 7.99. The van der Waals surface area contributed by atoms with E-state index in [1.54, 1.807) is 6.07 Å². The minimum absolute atomic E-state index is 0.0418. The number of aliphatic hydroxyl groups excluding tert-OH is 1. The summed E-state index contributed by atoms with van der Waals surface area (Å²) in [4.78, 5) is 22.8. The number of aliphatic carboxylic acids is 1. The Balaban J connectivity index is 3.26. The minimum atomic E-state index is -1.74. The number of rotatable bonds is 5. The van der Waals surface area contributed by atoms with Crippen LogP contribution in [0.15, 0.2) is 23.1 Å². The molecule has 0 aliphatic rings. The molecule has 1 atom stereocenters. The monoisotopic (exact) mass is 274 g/mol. The van der Waals surface area contributed by atoms with Gasteiger partial charge in [-0.2, -0.15) is 0 Å². The molecule has 0 fully saturated rings. The first-order valence-corrected chi connectivity index (χ1v) is 5.79. The van der Waals surface area contributed by atoms with E-state index in [4.69, 9.17) is 16.7 Å². The van der Waals surface area contributed by atoms with Gasteiger partial charge in [0, 0.05) is 28.3 Å². The van der Waals surface area contributed by atoms with Crippen LogP contribution >= 0.6 is 24.2 Å². The van der Waals surface area contributed by atoms with E-state index in [-0.39, 0.29) is 29.2 Å². The summed E-state index contributed by atoms with van der Waals surface area (Å²) in [6, 6.07) is 4.48. The van der Waals surface area contributed by atoms with Crippen LogP contribution < -0.4 is 0 Å². The second kappa shape index (κ2) is 6.05. The largest absolute Gasteiger partial charge is 0.479 e. The molecule has 0 spiro atoms. The van der Waals surface area contributed by atoms with Gasteiger partial charge in [-0.1, -0.05) is 12.1 Å². The van der Waals surface area contributed by atoms with Gasteiger partial charge in [-0.15, -0.1) is 24.2 Å². The molecule has 4 nitrogen and oxygen atoms in total. The molecule has 1 rings (SSSR count). The fourth-order valence-electron chi connectivity index (χ4n) is 1.43. The van der Waals surface area contributed by atoms with Crippen molar-refractivity contribution in [1.82, 2.24) is 0 Å². The molecule has 6 heteroatoms. The van der Waals surface area contributed by atoms with Gasteiger partial charge in [0.25, 0.3) is 0 Å². The molecule has 0 heterocycles. The van der Waals surface area contributed by atoms with Crippen molar-refractivity contribution in [2.75, 3.05) is 5.88 Å². The average molecular weight is 275 g/mol. The Morgan fingerprint density at radius 3 is 2.59 bits per heavy atom. The molecule has 0 bridgehead atoms. The normalized spacial score (nSPS) is 12.2. The predicted octanol–water partition coefficient (Wildman–Crippen LogP) is 1.90. The van der Waals surface area contributed by atoms with Crippen LogP contribution in [0.25, 0.3) is 0 Å². The number of benzene rings is 1. The van der Waals surface area contributed by atoms with E-state index < -0.39 is 12.1 Å². The van der Waals surface area contributed by atoms with Crippen LogP contribution in [0.5, 0.6) is 0 Å². The molecular weight excluding hydrogens is 264 g/mol. The zero-order chi connectivity index (χ0) is 13.0. The number of aliphatic hydroxyl groups is 1. The topological polar surface area (TPSA) is 74.6 Å². The highest BCUT2D eigenvalue weighted by Crippen LogP contribution is 2.25. The van der Waals surface area contributed by atoms with Crippen LogP contribution in [0, 0.1) is 0 Å². The van der Waals surface area contributed by atoms with E-state index in [0.717, 1.165) is 0 Å². The number of hydrogen-bond donors (Lipinski definition) is 3. The summed E-state index contributed by atoms with van der Waals surface area (Å²) in [6.45, 7) is 0. The Bertz CT molecular complexity index is 447. The lowest BCUT2D eigenvalue weighted by atomic mass is 9.98. The van der Waals surface area contributed by atoms with Crippen molar-refractivity contribution < 1.29 is 19.8 Å². The van der Waals surface area contributed by atoms with E-state index in [1.165, 1.54) is 12.1 Å². The third-order valence-electron chi connectivity index (χ3n) is 2.20. The first kappa shape index (κ1) is 14.0. The molecule has 0 aliphatic heterocycles. The highest BCUT2D eigenvalue weighted by atomic mass is 35.5. The number of ketones is 1. The summed E-state index contributed by atoms with van der Waals surface area (Å²) in [6.07, 6.45) is -1.67. The number of carbonyl (C=O) groups excluding carboxylic acids is 1. The summed E-state index contributed by atoms with van der Waals surface area (Å²) in [5, 5.41) is 18.3. The van der Waals surface area contributed by atoms with Gasteiger partial charge in [-0.05, 0) is 6.07 Å². The van der Waals surface area contributed by atoms with Crippen molar-refractivity contribution in [1.29, 1.82) is 0 Å². The molecule has 17 heavy (non-hydrogen) atoms. The van der Waals surface area contributed by atoms with Gasteiger partial charge in [0.05, 0.1) is 0 Å². The van der Waals surface area contributed by atoms with Gasteiger partial charge >= 0.3 is 5.97 Å². The summed E-state index contributed by atoms with van der Waals surface area (Å²) in [5.74, 6) is -1.62. The average Bonchev–Trinajstić information content (AvgIpc) is 2.27. The summed E-state index contributed by atoms with van der Waals surface area (Å²) in [7, 11) is 0. The maximum absolute atomic E-state index is 11.8. The summed E-state index contributed by atoms with van der Waals surface area (Å²) < 4.78 is 0. The molecule has 0 aliphatic carbocycles. The van der Waals surface area contributed by atoms with Crippen LogP contribution in [0.4, 0.5) is 0 Å². The second-order valence-corrected chi connectivity index (χ2v) is 4.20. The van der Waals surface area contributed by atoms with E-state index in [0.29, 0.717) is 4.90 Å². The van der Waals surface area contributed by atoms with Gasteiger partial charge < -0.3 is 10.2 Å². The van der Waals surface area contributed by atoms with E-state index in [9.17, 15) is 14.7 Å². The molecular formula is C11H11ClO4S. The highest BCUT2D eigenvalue weighted by Gasteiger charge is 2.23. The van der Waals surface area contributed by atoms with Crippen molar-refractivity contribution in [3.8, 4) is 0 Å². The van der Waals surface area contributed by atoms with Crippen LogP contribution in [-0.2, 0) is 4.79 Å². The Kier molecular flexibility index (Phi) is 4.99. The van der Waals surface area contributed by atoms with Crippen LogP contribution in [0.2, 0.25) is 0 Å². The summed E-state index contributed by atoms with van der Waals surface area (Å²) in [5.41, 5.74) is 0.159. The Hall–Kier alpha value is -1.04. The number of Topliss-reactive ketones (excluding diaryl/α,β-unsaturated/α-hetero) is 1. The number of thiol groups is 1. The molecule has 0 radical (unpaired) electrons. The van der Waals surface area contributed by atoms with Crippen molar-refractivity contribution >= 4 is 36.0 Å². The SMILES string of the molecule is O=C(CCCl)c1c(S)cccc1C(O)C(=O)O. The first-order valence-electron chi connectivity index (χ1n) is 4.81. The third-order valence-corrected chi connectivity index (χ3v) is 2.77. The number of hydrogen-bond acceptors (Lipinski definition) is 4. The standard InChI is InChI=1S/C11H11ClO4S/c12-5-4-7(13)9-6(10(14)11(15)16)2-1-3-8(9)17/h1-3,10,14,17H,4-5H2,(H,15,16). The molecule has 1 unspecified atom stereocenters. The second-order valence-electron chi connectivity index (χ2n) is 3.34.